The maximum atomic E-state index is 4.95. The molecular formula is C20H39N5. The molecule has 3 fully saturated rings. The van der Waals surface area contributed by atoms with Gasteiger partial charge in [0.15, 0.2) is 5.96 Å². The van der Waals surface area contributed by atoms with Gasteiger partial charge in [-0.05, 0) is 58.0 Å². The van der Waals surface area contributed by atoms with Gasteiger partial charge in [0.25, 0.3) is 0 Å². The summed E-state index contributed by atoms with van der Waals surface area (Å²) in [6.07, 6.45) is 8.24. The fraction of sp³-hybridized carbons (Fsp3) is 0.950. The Hall–Kier alpha value is -0.810. The van der Waals surface area contributed by atoms with Gasteiger partial charge in [0.05, 0.1) is 0 Å². The molecule has 0 bridgehead atoms. The van der Waals surface area contributed by atoms with Crippen LogP contribution in [-0.2, 0) is 0 Å². The number of rotatable bonds is 6. The number of likely N-dealkylation sites (N-methyl/N-ethyl adjacent to an activating group) is 1. The smallest absolute Gasteiger partial charge is 0.193 e. The Morgan fingerprint density at radius 2 is 1.68 bits per heavy atom. The van der Waals surface area contributed by atoms with Crippen molar-refractivity contribution < 1.29 is 0 Å². The van der Waals surface area contributed by atoms with E-state index in [1.54, 1.807) is 0 Å². The van der Waals surface area contributed by atoms with Crippen LogP contribution in [0.3, 0.4) is 0 Å². The fourth-order valence-corrected chi connectivity index (χ4v) is 4.71. The first kappa shape index (κ1) is 19.0. The molecule has 1 saturated carbocycles. The summed E-state index contributed by atoms with van der Waals surface area (Å²) in [4.78, 5) is 12.5. The van der Waals surface area contributed by atoms with Gasteiger partial charge in [-0.25, -0.2) is 0 Å². The number of fused-ring (bicyclic) bond motifs is 1. The lowest BCUT2D eigenvalue weighted by Gasteiger charge is -2.32. The molecule has 144 valence electrons. The summed E-state index contributed by atoms with van der Waals surface area (Å²) in [5, 5.41) is 3.54. The van der Waals surface area contributed by atoms with Crippen LogP contribution in [0.4, 0.5) is 0 Å². The molecule has 0 aromatic carbocycles. The van der Waals surface area contributed by atoms with Crippen molar-refractivity contribution in [3.05, 3.63) is 0 Å². The highest BCUT2D eigenvalue weighted by Crippen LogP contribution is 2.35. The number of aliphatic imine (C=N–C) groups is 1. The summed E-state index contributed by atoms with van der Waals surface area (Å²) in [6.45, 7) is 12.8. The Morgan fingerprint density at radius 1 is 1.00 bits per heavy atom. The van der Waals surface area contributed by atoms with Crippen molar-refractivity contribution in [1.82, 2.24) is 20.0 Å². The van der Waals surface area contributed by atoms with E-state index in [0.717, 1.165) is 24.9 Å². The zero-order chi connectivity index (χ0) is 17.5. The van der Waals surface area contributed by atoms with Crippen LogP contribution in [0.2, 0.25) is 0 Å². The van der Waals surface area contributed by atoms with E-state index >= 15 is 0 Å². The molecule has 3 aliphatic rings. The lowest BCUT2D eigenvalue weighted by Crippen LogP contribution is -2.44. The van der Waals surface area contributed by atoms with Crippen molar-refractivity contribution in [1.29, 1.82) is 0 Å². The van der Waals surface area contributed by atoms with E-state index in [1.165, 1.54) is 90.3 Å². The molecule has 0 radical (unpaired) electrons. The van der Waals surface area contributed by atoms with Gasteiger partial charge in [-0.2, -0.15) is 0 Å². The molecule has 5 heteroatoms. The largest absolute Gasteiger partial charge is 0.357 e. The highest BCUT2D eigenvalue weighted by molar-refractivity contribution is 5.80. The van der Waals surface area contributed by atoms with Crippen molar-refractivity contribution >= 4 is 5.96 Å². The van der Waals surface area contributed by atoms with Gasteiger partial charge in [-0.15, -0.1) is 0 Å². The summed E-state index contributed by atoms with van der Waals surface area (Å²) in [5.41, 5.74) is 0. The van der Waals surface area contributed by atoms with Crippen LogP contribution in [0, 0.1) is 11.8 Å². The fourth-order valence-electron chi connectivity index (χ4n) is 4.71. The van der Waals surface area contributed by atoms with Gasteiger partial charge < -0.3 is 20.0 Å². The number of likely N-dealkylation sites (tertiary alicyclic amines) is 1. The number of unbranched alkanes of at least 4 members (excludes halogenated alkanes) is 1. The molecule has 1 N–H and O–H groups in total. The van der Waals surface area contributed by atoms with Gasteiger partial charge in [0, 0.05) is 52.4 Å². The number of hydrogen-bond acceptors (Lipinski definition) is 3. The molecule has 2 heterocycles. The highest BCUT2D eigenvalue weighted by atomic mass is 15.3. The van der Waals surface area contributed by atoms with Crippen LogP contribution in [-0.4, -0.2) is 86.6 Å². The van der Waals surface area contributed by atoms with Crippen molar-refractivity contribution in [2.75, 3.05) is 66.0 Å². The topological polar surface area (TPSA) is 34.1 Å². The predicted octanol–water partition coefficient (Wildman–Crippen LogP) is 2.10. The average Bonchev–Trinajstić information content (AvgIpc) is 3.06. The normalized spacial score (nSPS) is 29.0. The number of nitrogens with one attached hydrogen (secondary N) is 1. The second-order valence-electron chi connectivity index (χ2n) is 8.30. The Kier molecular flexibility index (Phi) is 7.41. The second kappa shape index (κ2) is 9.77. The van der Waals surface area contributed by atoms with Crippen molar-refractivity contribution in [3.8, 4) is 0 Å². The third kappa shape index (κ3) is 5.58. The van der Waals surface area contributed by atoms with Crippen molar-refractivity contribution in [2.24, 2.45) is 16.8 Å². The number of hydrogen-bond donors (Lipinski definition) is 1. The molecule has 2 unspecified atom stereocenters. The molecule has 0 aromatic heterocycles. The maximum Gasteiger partial charge on any atom is 0.193 e. The van der Waals surface area contributed by atoms with Gasteiger partial charge >= 0.3 is 0 Å². The lowest BCUT2D eigenvalue weighted by atomic mass is 9.82. The Balaban J connectivity index is 1.38. The Bertz CT molecular complexity index is 402. The van der Waals surface area contributed by atoms with E-state index < -0.39 is 0 Å². The molecule has 0 spiro atoms. The van der Waals surface area contributed by atoms with E-state index in [4.69, 9.17) is 4.99 Å². The molecule has 0 amide bonds. The van der Waals surface area contributed by atoms with Crippen LogP contribution in [0.1, 0.15) is 45.4 Å². The van der Waals surface area contributed by atoms with Crippen LogP contribution in [0.15, 0.2) is 4.99 Å². The van der Waals surface area contributed by atoms with Crippen LogP contribution in [0.5, 0.6) is 0 Å². The second-order valence-corrected chi connectivity index (χ2v) is 8.30. The van der Waals surface area contributed by atoms with E-state index in [1.807, 2.05) is 0 Å². The van der Waals surface area contributed by atoms with Gasteiger partial charge in [0.1, 0.15) is 0 Å². The summed E-state index contributed by atoms with van der Waals surface area (Å²) in [5.74, 6) is 3.03. The Morgan fingerprint density at radius 3 is 2.32 bits per heavy atom. The van der Waals surface area contributed by atoms with Gasteiger partial charge in [-0.1, -0.05) is 12.8 Å². The van der Waals surface area contributed by atoms with Crippen LogP contribution < -0.4 is 5.32 Å². The summed E-state index contributed by atoms with van der Waals surface area (Å²) in [6, 6.07) is 0. The SMILES string of the molecule is CCNC(=NCCCCN1CCN(C)CC1)N1CC2CCCCC2C1. The van der Waals surface area contributed by atoms with Gasteiger partial charge in [0.2, 0.25) is 0 Å². The van der Waals surface area contributed by atoms with Crippen molar-refractivity contribution in [3.63, 3.8) is 0 Å². The average molecular weight is 350 g/mol. The third-order valence-corrected chi connectivity index (χ3v) is 6.35. The maximum absolute atomic E-state index is 4.95. The molecule has 25 heavy (non-hydrogen) atoms. The van der Waals surface area contributed by atoms with E-state index in [-0.39, 0.29) is 0 Å². The molecule has 2 saturated heterocycles. The monoisotopic (exact) mass is 349 g/mol. The first-order valence-corrected chi connectivity index (χ1v) is 10.7. The summed E-state index contributed by atoms with van der Waals surface area (Å²) < 4.78 is 0. The Labute approximate surface area is 154 Å². The molecule has 1 aliphatic carbocycles. The molecular weight excluding hydrogens is 310 g/mol. The molecule has 2 aliphatic heterocycles. The summed E-state index contributed by atoms with van der Waals surface area (Å²) in [7, 11) is 2.23. The van der Waals surface area contributed by atoms with E-state index in [0.29, 0.717) is 0 Å². The summed E-state index contributed by atoms with van der Waals surface area (Å²) >= 11 is 0. The van der Waals surface area contributed by atoms with Gasteiger partial charge in [-0.3, -0.25) is 4.99 Å². The minimum atomic E-state index is 0.926. The highest BCUT2D eigenvalue weighted by Gasteiger charge is 2.35. The standard InChI is InChI=1S/C20H39N5/c1-3-21-20(25-16-18-8-4-5-9-19(18)17-25)22-10-6-7-11-24-14-12-23(2)13-15-24/h18-19H,3-17H2,1-2H3,(H,21,22). The quantitative estimate of drug-likeness (QED) is 0.452. The zero-order valence-electron chi connectivity index (χ0n) is 16.6. The number of guanidine groups is 1. The van der Waals surface area contributed by atoms with Crippen LogP contribution >= 0.6 is 0 Å². The molecule has 5 nitrogen and oxygen atoms in total. The lowest BCUT2D eigenvalue weighted by molar-refractivity contribution is 0.152. The first-order chi connectivity index (χ1) is 12.3. The zero-order valence-corrected chi connectivity index (χ0v) is 16.6. The number of piperazine rings is 1. The van der Waals surface area contributed by atoms with E-state index in [2.05, 4.69) is 34.0 Å². The third-order valence-electron chi connectivity index (χ3n) is 6.35. The van der Waals surface area contributed by atoms with Crippen LogP contribution in [0.25, 0.3) is 0 Å². The van der Waals surface area contributed by atoms with E-state index in [9.17, 15) is 0 Å². The number of nitrogens with zero attached hydrogens (tertiary/aromatic N) is 4. The predicted molar refractivity (Wildman–Crippen MR) is 106 cm³/mol. The first-order valence-electron chi connectivity index (χ1n) is 10.7. The van der Waals surface area contributed by atoms with Crippen molar-refractivity contribution in [2.45, 2.75) is 45.4 Å². The molecule has 0 aromatic rings. The molecule has 3 rings (SSSR count). The minimum Gasteiger partial charge on any atom is -0.357 e. The minimum absolute atomic E-state index is 0.926. The molecule has 2 atom stereocenters.